The molecule has 0 aromatic heterocycles. The van der Waals surface area contributed by atoms with Crippen LogP contribution in [-0.4, -0.2) is 32.1 Å². The topological polar surface area (TPSA) is 64.6 Å². The third-order valence-electron chi connectivity index (χ3n) is 3.84. The molecule has 0 unspecified atom stereocenters. The lowest BCUT2D eigenvalue weighted by molar-refractivity contribution is -0.142. The Bertz CT molecular complexity index is 821. The molecule has 8 heteroatoms. The van der Waals surface area contributed by atoms with E-state index in [1.807, 2.05) is 0 Å². The highest BCUT2D eigenvalue weighted by molar-refractivity contribution is 5.98. The molecule has 2 rings (SSSR count). The number of esters is 1. The number of ether oxygens (including phenoxy) is 2. The van der Waals surface area contributed by atoms with Crippen molar-refractivity contribution in [1.29, 1.82) is 0 Å². The summed E-state index contributed by atoms with van der Waals surface area (Å²) in [6, 6.07) is 9.98. The summed E-state index contributed by atoms with van der Waals surface area (Å²) in [7, 11) is 2.61. The van der Waals surface area contributed by atoms with Crippen LogP contribution in [0.3, 0.4) is 0 Å². The number of hydrogen-bond acceptors (Lipinski definition) is 4. The Morgan fingerprint density at radius 1 is 1.07 bits per heavy atom. The molecule has 0 saturated heterocycles. The van der Waals surface area contributed by atoms with Crippen LogP contribution in [0, 0.1) is 0 Å². The number of carbonyl (C=O) groups is 2. The van der Waals surface area contributed by atoms with Gasteiger partial charge in [-0.25, -0.2) is 4.79 Å². The second kappa shape index (κ2) is 8.57. The molecule has 144 valence electrons. The van der Waals surface area contributed by atoms with E-state index in [0.29, 0.717) is 11.3 Å². The summed E-state index contributed by atoms with van der Waals surface area (Å²) in [5.41, 5.74) is -0.994. The molecule has 0 aliphatic rings. The molecule has 1 N–H and O–H groups in total. The zero-order valence-corrected chi connectivity index (χ0v) is 14.7. The van der Waals surface area contributed by atoms with Gasteiger partial charge in [-0.2, -0.15) is 13.2 Å². The number of carbonyl (C=O) groups excluding carboxylic acids is 2. The molecule has 0 aliphatic carbocycles. The van der Waals surface area contributed by atoms with Crippen LogP contribution in [0.5, 0.6) is 5.75 Å². The maximum absolute atomic E-state index is 13.1. The highest BCUT2D eigenvalue weighted by Gasteiger charge is 2.35. The highest BCUT2D eigenvalue weighted by Crippen LogP contribution is 2.31. The van der Waals surface area contributed by atoms with E-state index in [-0.39, 0.29) is 6.42 Å². The van der Waals surface area contributed by atoms with Gasteiger partial charge in [0.15, 0.2) is 0 Å². The van der Waals surface area contributed by atoms with Crippen LogP contribution >= 0.6 is 0 Å². The van der Waals surface area contributed by atoms with Crippen molar-refractivity contribution in [3.05, 3.63) is 65.2 Å². The number of methoxy groups -OCH3 is 2. The first-order valence-corrected chi connectivity index (χ1v) is 7.94. The molecule has 2 aromatic rings. The molecule has 0 fully saturated rings. The second-order valence-electron chi connectivity index (χ2n) is 5.65. The maximum atomic E-state index is 13.1. The monoisotopic (exact) mass is 381 g/mol. The van der Waals surface area contributed by atoms with Crippen molar-refractivity contribution in [2.45, 2.75) is 18.6 Å². The van der Waals surface area contributed by atoms with E-state index in [4.69, 9.17) is 4.74 Å². The molecule has 2 aromatic carbocycles. The van der Waals surface area contributed by atoms with E-state index < -0.39 is 35.2 Å². The summed E-state index contributed by atoms with van der Waals surface area (Å²) >= 11 is 0. The largest absolute Gasteiger partial charge is 0.497 e. The van der Waals surface area contributed by atoms with Crippen LogP contribution in [-0.2, 0) is 22.1 Å². The second-order valence-corrected chi connectivity index (χ2v) is 5.65. The summed E-state index contributed by atoms with van der Waals surface area (Å²) < 4.78 is 49.1. The molecule has 0 heterocycles. The van der Waals surface area contributed by atoms with E-state index in [1.165, 1.54) is 19.2 Å². The van der Waals surface area contributed by atoms with Crippen LogP contribution in [0.15, 0.2) is 48.5 Å². The Morgan fingerprint density at radius 2 is 1.78 bits per heavy atom. The fourth-order valence-corrected chi connectivity index (χ4v) is 2.53. The number of amides is 1. The normalized spacial score (nSPS) is 12.2. The zero-order valence-electron chi connectivity index (χ0n) is 14.7. The van der Waals surface area contributed by atoms with Gasteiger partial charge in [-0.05, 0) is 29.8 Å². The molecule has 0 aliphatic heterocycles. The van der Waals surface area contributed by atoms with Crippen molar-refractivity contribution in [1.82, 2.24) is 5.32 Å². The van der Waals surface area contributed by atoms with Crippen molar-refractivity contribution in [2.24, 2.45) is 0 Å². The van der Waals surface area contributed by atoms with Gasteiger partial charge in [-0.15, -0.1) is 0 Å². The minimum atomic E-state index is -4.69. The number of nitrogens with one attached hydrogen (secondary N) is 1. The molecule has 1 amide bonds. The van der Waals surface area contributed by atoms with Crippen molar-refractivity contribution < 1.29 is 32.2 Å². The predicted octanol–water partition coefficient (Wildman–Crippen LogP) is 3.23. The molecule has 27 heavy (non-hydrogen) atoms. The minimum Gasteiger partial charge on any atom is -0.497 e. The van der Waals surface area contributed by atoms with E-state index in [9.17, 15) is 22.8 Å². The lowest BCUT2D eigenvalue weighted by atomic mass is 10.0. The van der Waals surface area contributed by atoms with Crippen molar-refractivity contribution >= 4 is 11.9 Å². The number of benzene rings is 2. The van der Waals surface area contributed by atoms with Crippen LogP contribution in [0.2, 0.25) is 0 Å². The van der Waals surface area contributed by atoms with E-state index in [1.54, 1.807) is 24.3 Å². The van der Waals surface area contributed by atoms with Gasteiger partial charge in [0.25, 0.3) is 5.91 Å². The molecule has 0 radical (unpaired) electrons. The number of rotatable bonds is 6. The van der Waals surface area contributed by atoms with Crippen molar-refractivity contribution in [3.63, 3.8) is 0 Å². The van der Waals surface area contributed by atoms with Gasteiger partial charge in [0.1, 0.15) is 11.8 Å². The average molecular weight is 381 g/mol. The fourth-order valence-electron chi connectivity index (χ4n) is 2.53. The van der Waals surface area contributed by atoms with Crippen molar-refractivity contribution in [2.75, 3.05) is 14.2 Å². The molecule has 5 nitrogen and oxygen atoms in total. The van der Waals surface area contributed by atoms with Crippen LogP contribution in [0.4, 0.5) is 13.2 Å². The molecule has 0 bridgehead atoms. The average Bonchev–Trinajstić information content (AvgIpc) is 2.66. The van der Waals surface area contributed by atoms with Gasteiger partial charge >= 0.3 is 12.1 Å². The Labute approximate surface area is 154 Å². The Balaban J connectivity index is 2.26. The van der Waals surface area contributed by atoms with Gasteiger partial charge in [-0.3, -0.25) is 4.79 Å². The van der Waals surface area contributed by atoms with Gasteiger partial charge in [0.05, 0.1) is 25.3 Å². The first kappa shape index (κ1) is 20.3. The predicted molar refractivity (Wildman–Crippen MR) is 91.4 cm³/mol. The van der Waals surface area contributed by atoms with Crippen LogP contribution in [0.25, 0.3) is 0 Å². The van der Waals surface area contributed by atoms with Gasteiger partial charge in [-0.1, -0.05) is 24.3 Å². The number of hydrogen-bond donors (Lipinski definition) is 1. The van der Waals surface area contributed by atoms with E-state index in [0.717, 1.165) is 19.2 Å². The van der Waals surface area contributed by atoms with E-state index >= 15 is 0 Å². The minimum absolute atomic E-state index is 0.0315. The maximum Gasteiger partial charge on any atom is 0.417 e. The molecular formula is C19H18F3NO4. The smallest absolute Gasteiger partial charge is 0.417 e. The Kier molecular flexibility index (Phi) is 6.44. The molecule has 0 spiro atoms. The lowest BCUT2D eigenvalue weighted by Gasteiger charge is -2.18. The van der Waals surface area contributed by atoms with Gasteiger partial charge in [0.2, 0.25) is 0 Å². The van der Waals surface area contributed by atoms with Gasteiger partial charge in [0, 0.05) is 6.42 Å². The third-order valence-corrected chi connectivity index (χ3v) is 3.84. The summed E-state index contributed by atoms with van der Waals surface area (Å²) in [6.45, 7) is 0. The standard InChI is InChI=1S/C19H18F3NO4/c1-26-13-7-5-6-12(10-13)11-16(18(25)27-2)23-17(24)14-8-3-4-9-15(14)19(20,21)22/h3-10,16H,11H2,1-2H3,(H,23,24)/t16-/m1/s1. The summed E-state index contributed by atoms with van der Waals surface area (Å²) in [4.78, 5) is 24.4. The summed E-state index contributed by atoms with van der Waals surface area (Å²) in [6.07, 6.45) is -4.66. The lowest BCUT2D eigenvalue weighted by Crippen LogP contribution is -2.43. The first-order chi connectivity index (χ1) is 12.8. The Hall–Kier alpha value is -3.03. The Morgan fingerprint density at radius 3 is 2.41 bits per heavy atom. The SMILES string of the molecule is COC(=O)[C@@H](Cc1cccc(OC)c1)NC(=O)c1ccccc1C(F)(F)F. The molecule has 1 atom stereocenters. The molecule has 0 saturated carbocycles. The highest BCUT2D eigenvalue weighted by atomic mass is 19.4. The third kappa shape index (κ3) is 5.22. The van der Waals surface area contributed by atoms with Crippen LogP contribution < -0.4 is 10.1 Å². The zero-order chi connectivity index (χ0) is 20.0. The summed E-state index contributed by atoms with van der Waals surface area (Å²) in [5.74, 6) is -1.23. The van der Waals surface area contributed by atoms with Crippen LogP contribution in [0.1, 0.15) is 21.5 Å². The van der Waals surface area contributed by atoms with Gasteiger partial charge < -0.3 is 14.8 Å². The quantitative estimate of drug-likeness (QED) is 0.781. The van der Waals surface area contributed by atoms with E-state index in [2.05, 4.69) is 10.1 Å². The summed E-state index contributed by atoms with van der Waals surface area (Å²) in [5, 5.41) is 2.33. The first-order valence-electron chi connectivity index (χ1n) is 7.94. The number of alkyl halides is 3. The fraction of sp³-hybridized carbons (Fsp3) is 0.263. The number of halogens is 3. The van der Waals surface area contributed by atoms with Crippen molar-refractivity contribution in [3.8, 4) is 5.75 Å². The molecular weight excluding hydrogens is 363 g/mol.